The first-order valence-corrected chi connectivity index (χ1v) is 43.3. The molecule has 3 aliphatic rings. The third kappa shape index (κ3) is 52.1. The Hall–Kier alpha value is -11.3. The van der Waals surface area contributed by atoms with E-state index in [-0.39, 0.29) is 108 Å². The van der Waals surface area contributed by atoms with Crippen LogP contribution < -0.4 is 73.8 Å². The van der Waals surface area contributed by atoms with Crippen LogP contribution in [0.4, 0.5) is 8.78 Å². The standard InChI is InChI=1S/C26H26ClN3O6S.C17H19ClN2O2S.C13H17NO5.C10H12FNO2.C9H9NO5.C6H4FNO2.C4H8O.C3H6O3.CH2Cl2.Na.H/c1-16(30-25(32)18-9-10-28-23(11-18)35-15-24(31)33-2)3-7-20-13-29-26(37-20)36-22-8-6-19(12-21(22)27)34-14-17-4-5-17;1-11(19)2-6-14-9-20-17(23-14)22-16-7-5-13(8-15(16)18)21-10-12-3-4-12;1-13(2,3)19-12(16)9-5-6-14-10(7-9)18-8-11(15)17-4;1-10(2,3)14-9(13)7-4-5-12-8(11)6-7;1-14-8(11)5-15-7-4-6(9(12)13)2-3-10-7;7-5-3-4(6(9)10)1-2-8-5;1-2-4-5-3-1;1-6-3(5)2-4;2-1-3;;/h3,6-13,16-17H,4-5,14-15H2,1-2H3,(H,30,32);2,5-9,11-12H,3-4,10,19H2,1H3;5-7H,8H2,1-4H3;4-6H,1-3H3;2-4H,5H2,1H3,(H,12,13);1-3H,(H,9,10);1-4H2;4H,2H2,1H3;1H2;;/q;;;;;;;;;+1;-1/b7-3+;6-2+;;;;;;;;;/t16-;11-;;;;;;;;;/m00........./s1. The molecule has 12 rings (SSSR count). The molecule has 0 bridgehead atoms. The number of hydrogen-bond acceptors (Lipinski definition) is 34. The average Bonchev–Trinajstić information content (AvgIpc) is 1.70. The Labute approximate surface area is 818 Å². The van der Waals surface area contributed by atoms with Gasteiger partial charge in [0.2, 0.25) is 29.5 Å². The Kier molecular flexibility index (Phi) is 54.8. The number of aliphatic hydroxyl groups excluding tert-OH is 1. The van der Waals surface area contributed by atoms with Crippen LogP contribution in [0.1, 0.15) is 157 Å². The van der Waals surface area contributed by atoms with E-state index < -0.39 is 77.5 Å². The molecule has 3 fully saturated rings. The molecule has 2 aromatic carbocycles. The molecule has 9 aromatic rings. The number of carbonyl (C=O) groups is 9. The first-order valence-electron chi connectivity index (χ1n) is 39.8. The quantitative estimate of drug-likeness (QED) is 0.00917. The monoisotopic (exact) mass is 1980 g/mol. The van der Waals surface area contributed by atoms with Gasteiger partial charge in [-0.3, -0.25) is 4.79 Å². The van der Waals surface area contributed by atoms with Crippen molar-refractivity contribution >= 4 is 135 Å². The molecule has 35 nitrogen and oxygen atoms in total. The zero-order valence-electron chi connectivity index (χ0n) is 76.0. The fourth-order valence-electron chi connectivity index (χ4n) is 8.86. The Balaban J connectivity index is 0.000000549. The summed E-state index contributed by atoms with van der Waals surface area (Å²) >= 11 is 24.9. The summed E-state index contributed by atoms with van der Waals surface area (Å²) in [6, 6.07) is 23.6. The van der Waals surface area contributed by atoms with Gasteiger partial charge in [-0.05, 0) is 172 Å². The summed E-state index contributed by atoms with van der Waals surface area (Å²) in [6.07, 6.45) is 25.0. The fraction of sp³-hybridized carbons (Fsp3) is 0.371. The Bertz CT molecular complexity index is 5190. The fourth-order valence-corrected chi connectivity index (χ4v) is 10.7. The van der Waals surface area contributed by atoms with E-state index in [1.807, 2.05) is 56.4 Å². The van der Waals surface area contributed by atoms with Gasteiger partial charge < -0.3 is 94.1 Å². The summed E-state index contributed by atoms with van der Waals surface area (Å²) in [5, 5.41) is 29.9. The SMILES string of the molecule is C1CCOC1.CC(C)(C)OC(=O)c1ccnc(F)c1.COC(=O)CO.COC(=O)COc1cc(C(=O)N[C@@H](C)/C=C/c2cnc(Oc3ccc(OCC4CC4)cc3Cl)s2)ccn1.COC(=O)COc1cc(C(=O)O)ccn1.COC(=O)COc1cc(C(=O)OC(C)(C)C)ccn1.C[C@H](N)/C=C/c1cnc(Oc2ccc(OCC3CC3)cc2Cl)s1.ClCCl.O=C(O)c1ccnc(F)c1.[H-].[Na+]. The number of hydrogen-bond donors (Lipinski definition) is 5. The molecule has 6 N–H and O–H groups in total. The zero-order chi connectivity index (χ0) is 97.7. The van der Waals surface area contributed by atoms with Crippen LogP contribution >= 0.6 is 69.1 Å². The number of aromatic carboxylic acids is 2. The van der Waals surface area contributed by atoms with E-state index in [0.717, 1.165) is 59.4 Å². The number of aromatic nitrogens is 7. The van der Waals surface area contributed by atoms with Gasteiger partial charge in [0.15, 0.2) is 19.8 Å². The minimum atomic E-state index is -1.15. The maximum atomic E-state index is 12.6. The van der Waals surface area contributed by atoms with E-state index in [1.54, 1.807) is 78.2 Å². The maximum absolute atomic E-state index is 12.6. The Morgan fingerprint density at radius 1 is 0.519 bits per heavy atom. The van der Waals surface area contributed by atoms with E-state index >= 15 is 0 Å². The molecule has 716 valence electrons. The van der Waals surface area contributed by atoms with Gasteiger partial charge >= 0.3 is 77.3 Å². The predicted molar refractivity (Wildman–Crippen MR) is 487 cm³/mol. The second kappa shape index (κ2) is 63.0. The van der Waals surface area contributed by atoms with Crippen molar-refractivity contribution in [2.75, 3.05) is 86.6 Å². The minimum Gasteiger partial charge on any atom is -1.00 e. The molecular weight excluding hydrogens is 1880 g/mol. The number of nitrogens with one attached hydrogen (secondary N) is 1. The number of ether oxygens (including phenoxy) is 14. The van der Waals surface area contributed by atoms with Crippen LogP contribution in [0.15, 0.2) is 153 Å². The topological polar surface area (TPSA) is 472 Å². The molecular formula is C89H104Cl4F2N9NaO26S2. The van der Waals surface area contributed by atoms with E-state index in [0.29, 0.717) is 61.5 Å². The molecule has 2 aliphatic carbocycles. The average molecular weight is 1980 g/mol. The van der Waals surface area contributed by atoms with Gasteiger partial charge in [0, 0.05) is 117 Å². The molecule has 1 amide bonds. The van der Waals surface area contributed by atoms with Gasteiger partial charge in [-0.15, -0.1) is 23.2 Å². The molecule has 7 aromatic heterocycles. The number of carbonyl (C=O) groups excluding carboxylic acids is 7. The molecule has 8 heterocycles. The number of pyridine rings is 5. The number of nitrogens with two attached hydrogens (primary N) is 1. The number of esters is 6. The molecule has 2 atom stereocenters. The number of methoxy groups -OCH3 is 4. The third-order valence-electron chi connectivity index (χ3n) is 15.6. The van der Waals surface area contributed by atoms with Crippen molar-refractivity contribution < 1.29 is 165 Å². The molecule has 1 aliphatic heterocycles. The molecule has 0 radical (unpaired) electrons. The Morgan fingerprint density at radius 2 is 0.872 bits per heavy atom. The van der Waals surface area contributed by atoms with E-state index in [9.17, 15) is 51.9 Å². The van der Waals surface area contributed by atoms with Crippen LogP contribution in [0.5, 0.6) is 51.0 Å². The van der Waals surface area contributed by atoms with Crippen LogP contribution in [0.25, 0.3) is 12.2 Å². The predicted octanol–water partition coefficient (Wildman–Crippen LogP) is 13.4. The number of carboxylic acid groups (broad SMARTS) is 2. The van der Waals surface area contributed by atoms with Gasteiger partial charge in [0.1, 0.15) is 40.8 Å². The van der Waals surface area contributed by atoms with Crippen molar-refractivity contribution in [1.82, 2.24) is 40.2 Å². The van der Waals surface area contributed by atoms with Crippen LogP contribution in [0, 0.1) is 23.7 Å². The molecule has 133 heavy (non-hydrogen) atoms. The van der Waals surface area contributed by atoms with Crippen molar-refractivity contribution in [3.63, 3.8) is 0 Å². The number of halogens is 6. The summed E-state index contributed by atoms with van der Waals surface area (Å²) in [4.78, 5) is 128. The zero-order valence-corrected chi connectivity index (χ0v) is 81.7. The van der Waals surface area contributed by atoms with Gasteiger partial charge in [0.05, 0.1) is 89.0 Å². The van der Waals surface area contributed by atoms with Crippen molar-refractivity contribution in [1.29, 1.82) is 0 Å². The Morgan fingerprint density at radius 3 is 1.20 bits per heavy atom. The number of aliphatic hydroxyl groups is 1. The number of rotatable bonds is 30. The van der Waals surface area contributed by atoms with E-state index in [1.165, 1.54) is 157 Å². The summed E-state index contributed by atoms with van der Waals surface area (Å²) in [5.74, 6) is -2.93. The van der Waals surface area contributed by atoms with Crippen molar-refractivity contribution in [2.45, 2.75) is 117 Å². The molecule has 0 unspecified atom stereocenters. The number of carboxylic acids is 2. The first kappa shape index (κ1) is 116. The van der Waals surface area contributed by atoms with Crippen LogP contribution in [0.2, 0.25) is 10.0 Å². The van der Waals surface area contributed by atoms with Crippen LogP contribution in [-0.2, 0) is 52.3 Å². The van der Waals surface area contributed by atoms with Crippen molar-refractivity contribution in [2.24, 2.45) is 17.6 Å². The van der Waals surface area contributed by atoms with Gasteiger partial charge in [-0.1, -0.05) is 58.0 Å². The van der Waals surface area contributed by atoms with Crippen molar-refractivity contribution in [3.8, 4) is 51.0 Å². The molecule has 44 heteroatoms. The second-order valence-electron chi connectivity index (χ2n) is 29.0. The minimum absolute atomic E-state index is 0. The number of benzene rings is 2. The number of alkyl halides is 2. The summed E-state index contributed by atoms with van der Waals surface area (Å²) in [5.41, 5.74) is 5.33. The third-order valence-corrected chi connectivity index (χ3v) is 17.9. The maximum Gasteiger partial charge on any atom is 1.00 e. The van der Waals surface area contributed by atoms with Gasteiger partial charge in [-0.25, -0.2) is 73.2 Å². The smallest absolute Gasteiger partial charge is 1.00 e. The number of amides is 1. The van der Waals surface area contributed by atoms with Crippen molar-refractivity contribution in [3.05, 3.63) is 212 Å². The second-order valence-corrected chi connectivity index (χ2v) is 32.7. The van der Waals surface area contributed by atoms with Crippen LogP contribution in [0.3, 0.4) is 0 Å². The molecule has 1 saturated heterocycles. The molecule has 0 spiro atoms. The van der Waals surface area contributed by atoms with Crippen LogP contribution in [-0.4, -0.2) is 214 Å². The normalized spacial score (nSPS) is 12.4. The van der Waals surface area contributed by atoms with Gasteiger partial charge in [0.25, 0.3) is 16.3 Å². The van der Waals surface area contributed by atoms with E-state index in [4.69, 9.17) is 115 Å². The largest absolute Gasteiger partial charge is 1.00 e. The first-order chi connectivity index (χ1) is 62.7. The molecule has 2 saturated carbocycles. The number of nitrogens with zero attached hydrogens (tertiary/aromatic N) is 7. The number of thiazole rings is 2. The summed E-state index contributed by atoms with van der Waals surface area (Å²) in [6.45, 7) is 16.4. The van der Waals surface area contributed by atoms with E-state index in [2.05, 4.69) is 59.2 Å². The van der Waals surface area contributed by atoms with Gasteiger partial charge in [-0.2, -0.15) is 8.78 Å². The summed E-state index contributed by atoms with van der Waals surface area (Å²) < 4.78 is 95.5. The summed E-state index contributed by atoms with van der Waals surface area (Å²) in [7, 11) is 4.97.